The number of aliphatic carboxylic acids is 1. The molecule has 1 amide bonds. The molecule has 296 valence electrons. The van der Waals surface area contributed by atoms with Crippen LogP contribution in [0.4, 0.5) is 0 Å². The number of rotatable bonds is 36. The Morgan fingerprint density at radius 3 is 1.67 bits per heavy atom. The number of carboxylic acid groups (broad SMARTS) is 1. The second kappa shape index (κ2) is 34.8. The second-order valence-electron chi connectivity index (χ2n) is 13.1. The number of aliphatic hydroxyl groups is 1. The number of ether oxygens (including phenoxy) is 1. The molecule has 0 saturated heterocycles. The van der Waals surface area contributed by atoms with E-state index in [0.717, 1.165) is 83.5 Å². The molecule has 0 bridgehead atoms. The third-order valence-corrected chi connectivity index (χ3v) is 9.10. The van der Waals surface area contributed by atoms with Crippen LogP contribution in [-0.2, 0) is 32.7 Å². The summed E-state index contributed by atoms with van der Waals surface area (Å²) in [6.45, 7) is 2.49. The van der Waals surface area contributed by atoms with Gasteiger partial charge in [0.05, 0.1) is 13.2 Å². The molecule has 3 atom stereocenters. The fourth-order valence-corrected chi connectivity index (χ4v) is 5.80. The Labute approximate surface area is 308 Å². The molecule has 0 aromatic rings. The molecule has 11 nitrogen and oxygen atoms in total. The number of carbonyl (C=O) groups excluding carboxylic acids is 2. The lowest BCUT2D eigenvalue weighted by atomic mass is 10.1. The number of hydrogen-bond donors (Lipinski definition) is 4. The van der Waals surface area contributed by atoms with Crippen LogP contribution >= 0.6 is 7.82 Å². The average Bonchev–Trinajstić information content (AvgIpc) is 3.10. The predicted molar refractivity (Wildman–Crippen MR) is 203 cm³/mol. The van der Waals surface area contributed by atoms with Crippen LogP contribution in [0.3, 0.4) is 0 Å². The van der Waals surface area contributed by atoms with Crippen molar-refractivity contribution in [3.05, 3.63) is 36.5 Å². The van der Waals surface area contributed by atoms with E-state index in [1.807, 2.05) is 0 Å². The monoisotopic (exact) mass is 743 g/mol. The number of phosphoric acid groups is 1. The molecule has 0 aliphatic rings. The first-order valence-corrected chi connectivity index (χ1v) is 21.0. The molecule has 0 fully saturated rings. The minimum Gasteiger partial charge on any atom is -0.480 e. The van der Waals surface area contributed by atoms with Gasteiger partial charge in [-0.1, -0.05) is 121 Å². The number of carboxylic acids is 1. The molecule has 3 unspecified atom stereocenters. The molecular formula is C39H70NO10P. The standard InChI is InChI=1S/C39H70NO10P/c1-3-5-7-9-11-13-15-17-19-21-23-25-27-29-31-38(43)48-32-35(41)33-49-51(46,47)50-34-36(39(44)45)40-37(42)30-28-26-24-22-20-18-16-14-12-10-8-6-4-2/h9,11,14-17,35-36,41H,3-8,10,12-13,18-34H2,1-2H3,(H,40,42)(H,44,45)(H,46,47)/b11-9-,16-14-,17-15-. The summed E-state index contributed by atoms with van der Waals surface area (Å²) in [7, 11) is -4.75. The van der Waals surface area contributed by atoms with Gasteiger partial charge in [0, 0.05) is 12.8 Å². The molecule has 0 spiro atoms. The van der Waals surface area contributed by atoms with Crippen molar-refractivity contribution in [1.29, 1.82) is 0 Å². The van der Waals surface area contributed by atoms with Gasteiger partial charge in [0.15, 0.2) is 6.04 Å². The number of aliphatic hydroxyl groups excluding tert-OH is 1. The molecule has 0 saturated carbocycles. The van der Waals surface area contributed by atoms with Crippen molar-refractivity contribution in [2.75, 3.05) is 19.8 Å². The molecule has 12 heteroatoms. The smallest absolute Gasteiger partial charge is 0.472 e. The van der Waals surface area contributed by atoms with Gasteiger partial charge in [-0.15, -0.1) is 0 Å². The Balaban J connectivity index is 3.99. The number of nitrogens with one attached hydrogen (secondary N) is 1. The first kappa shape index (κ1) is 48.7. The zero-order valence-corrected chi connectivity index (χ0v) is 32.5. The van der Waals surface area contributed by atoms with Crippen LogP contribution in [0.1, 0.15) is 162 Å². The van der Waals surface area contributed by atoms with E-state index in [9.17, 15) is 34.1 Å². The number of allylic oxidation sites excluding steroid dienone is 6. The van der Waals surface area contributed by atoms with Gasteiger partial charge in [0.25, 0.3) is 0 Å². The van der Waals surface area contributed by atoms with E-state index in [0.29, 0.717) is 12.8 Å². The summed E-state index contributed by atoms with van der Waals surface area (Å²) in [4.78, 5) is 45.7. The Hall–Kier alpha value is -2.30. The topological polar surface area (TPSA) is 169 Å². The van der Waals surface area contributed by atoms with E-state index in [1.165, 1.54) is 38.5 Å². The highest BCUT2D eigenvalue weighted by Crippen LogP contribution is 2.43. The van der Waals surface area contributed by atoms with Crippen molar-refractivity contribution < 1.29 is 47.8 Å². The predicted octanol–water partition coefficient (Wildman–Crippen LogP) is 9.27. The summed E-state index contributed by atoms with van der Waals surface area (Å²) < 4.78 is 26.7. The van der Waals surface area contributed by atoms with E-state index in [4.69, 9.17) is 13.8 Å². The summed E-state index contributed by atoms with van der Waals surface area (Å²) >= 11 is 0. The Bertz CT molecular complexity index is 1020. The Morgan fingerprint density at radius 1 is 0.627 bits per heavy atom. The van der Waals surface area contributed by atoms with Gasteiger partial charge in [0.2, 0.25) is 5.91 Å². The number of hydrogen-bond acceptors (Lipinski definition) is 8. The highest BCUT2D eigenvalue weighted by Gasteiger charge is 2.28. The number of unbranched alkanes of at least 4 members (excludes halogenated alkanes) is 16. The van der Waals surface area contributed by atoms with Crippen molar-refractivity contribution in [2.45, 2.75) is 174 Å². The summed E-state index contributed by atoms with van der Waals surface area (Å²) in [5.41, 5.74) is 0. The van der Waals surface area contributed by atoms with Gasteiger partial charge in [-0.25, -0.2) is 9.36 Å². The molecule has 0 radical (unpaired) electrons. The van der Waals surface area contributed by atoms with Gasteiger partial charge < -0.3 is 25.2 Å². The first-order valence-electron chi connectivity index (χ1n) is 19.5. The average molecular weight is 744 g/mol. The maximum atomic E-state index is 12.2. The highest BCUT2D eigenvalue weighted by molar-refractivity contribution is 7.47. The zero-order chi connectivity index (χ0) is 37.8. The first-order chi connectivity index (χ1) is 24.6. The van der Waals surface area contributed by atoms with Crippen LogP contribution < -0.4 is 5.32 Å². The second-order valence-corrected chi connectivity index (χ2v) is 14.6. The van der Waals surface area contributed by atoms with E-state index in [1.54, 1.807) is 0 Å². The number of phosphoric ester groups is 1. The maximum absolute atomic E-state index is 12.2. The van der Waals surface area contributed by atoms with Crippen molar-refractivity contribution in [2.24, 2.45) is 0 Å². The summed E-state index contributed by atoms with van der Waals surface area (Å²) in [5, 5.41) is 21.7. The van der Waals surface area contributed by atoms with E-state index < -0.39 is 57.6 Å². The molecule has 0 aliphatic heterocycles. The lowest BCUT2D eigenvalue weighted by Crippen LogP contribution is -2.43. The quantitative estimate of drug-likeness (QED) is 0.0210. The molecule has 0 aliphatic carbocycles. The summed E-state index contributed by atoms with van der Waals surface area (Å²) in [6, 6.07) is -1.55. The minimum absolute atomic E-state index is 0.134. The van der Waals surface area contributed by atoms with Crippen LogP contribution in [0.2, 0.25) is 0 Å². The van der Waals surface area contributed by atoms with Gasteiger partial charge in [-0.2, -0.15) is 0 Å². The van der Waals surface area contributed by atoms with Crippen molar-refractivity contribution in [3.63, 3.8) is 0 Å². The van der Waals surface area contributed by atoms with Crippen LogP contribution in [-0.4, -0.2) is 64.9 Å². The van der Waals surface area contributed by atoms with E-state index in [2.05, 4.69) is 55.6 Å². The third kappa shape index (κ3) is 34.5. The van der Waals surface area contributed by atoms with Crippen LogP contribution in [0.5, 0.6) is 0 Å². The fourth-order valence-electron chi connectivity index (χ4n) is 5.03. The van der Waals surface area contributed by atoms with Crippen molar-refractivity contribution in [3.8, 4) is 0 Å². The molecule has 51 heavy (non-hydrogen) atoms. The third-order valence-electron chi connectivity index (χ3n) is 8.15. The van der Waals surface area contributed by atoms with Gasteiger partial charge in [-0.3, -0.25) is 18.6 Å². The molecular weight excluding hydrogens is 673 g/mol. The SMILES string of the molecule is CCCC/C=C\C/C=C\CCCCCCCC(=O)OCC(O)COP(=O)(O)OCC(NC(=O)CCCCCCC/C=C\CCCCCC)C(=O)O. The summed E-state index contributed by atoms with van der Waals surface area (Å²) in [6.07, 6.45) is 34.6. The van der Waals surface area contributed by atoms with E-state index in [-0.39, 0.29) is 12.8 Å². The molecule has 0 heterocycles. The minimum atomic E-state index is -4.75. The van der Waals surface area contributed by atoms with Gasteiger partial charge in [0.1, 0.15) is 12.7 Å². The Kier molecular flexibility index (Phi) is 33.2. The lowest BCUT2D eigenvalue weighted by Gasteiger charge is -2.18. The molecule has 0 rings (SSSR count). The normalized spacial score (nSPS) is 14.3. The number of amides is 1. The van der Waals surface area contributed by atoms with Gasteiger partial charge in [-0.05, 0) is 64.2 Å². The maximum Gasteiger partial charge on any atom is 0.472 e. The zero-order valence-electron chi connectivity index (χ0n) is 31.7. The number of carbonyl (C=O) groups is 3. The molecule has 0 aromatic heterocycles. The van der Waals surface area contributed by atoms with Crippen LogP contribution in [0.15, 0.2) is 36.5 Å². The molecule has 4 N–H and O–H groups in total. The van der Waals surface area contributed by atoms with E-state index >= 15 is 0 Å². The number of esters is 1. The summed E-state index contributed by atoms with van der Waals surface area (Å²) in [5.74, 6) is -2.40. The van der Waals surface area contributed by atoms with Gasteiger partial charge >= 0.3 is 19.8 Å². The highest BCUT2D eigenvalue weighted by atomic mass is 31.2. The fraction of sp³-hybridized carbons (Fsp3) is 0.769. The van der Waals surface area contributed by atoms with Crippen molar-refractivity contribution >= 4 is 25.7 Å². The molecule has 0 aromatic carbocycles. The largest absolute Gasteiger partial charge is 0.480 e. The lowest BCUT2D eigenvalue weighted by molar-refractivity contribution is -0.147. The Morgan fingerprint density at radius 2 is 1.10 bits per heavy atom. The van der Waals surface area contributed by atoms with Crippen molar-refractivity contribution in [1.82, 2.24) is 5.32 Å². The van der Waals surface area contributed by atoms with Crippen LogP contribution in [0, 0.1) is 0 Å². The van der Waals surface area contributed by atoms with Crippen LogP contribution in [0.25, 0.3) is 0 Å².